The maximum atomic E-state index is 13.0. The number of nitrogens with zero attached hydrogens (tertiary/aromatic N) is 2. The number of amides is 1. The summed E-state index contributed by atoms with van der Waals surface area (Å²) in [4.78, 5) is 14.9. The van der Waals surface area contributed by atoms with Gasteiger partial charge in [-0.1, -0.05) is 48.6 Å². The minimum Gasteiger partial charge on any atom is -0.358 e. The molecule has 0 bridgehead atoms. The van der Waals surface area contributed by atoms with Gasteiger partial charge < -0.3 is 10.2 Å². The molecule has 0 radical (unpaired) electrons. The van der Waals surface area contributed by atoms with Crippen molar-refractivity contribution in [2.75, 3.05) is 23.3 Å². The van der Waals surface area contributed by atoms with Crippen molar-refractivity contribution >= 4 is 27.3 Å². The minimum absolute atomic E-state index is 0.0725. The summed E-state index contributed by atoms with van der Waals surface area (Å²) in [7, 11) is -3.73. The van der Waals surface area contributed by atoms with Crippen LogP contribution in [0.15, 0.2) is 89.8 Å². The molecule has 0 spiro atoms. The van der Waals surface area contributed by atoms with E-state index in [1.165, 1.54) is 0 Å². The number of nitriles is 1. The van der Waals surface area contributed by atoms with Crippen molar-refractivity contribution in [3.8, 4) is 17.2 Å². The Morgan fingerprint density at radius 2 is 1.68 bits per heavy atom. The summed E-state index contributed by atoms with van der Waals surface area (Å²) in [6.07, 6.45) is 0. The SMILES string of the molecule is C=C(C)CN(CC(=O)Nc1ccc(-c2ccccc2S(=O)(=O)NC(C)(C)C)cc1)c1cccc(C#N)c1. The molecule has 7 nitrogen and oxygen atoms in total. The van der Waals surface area contributed by atoms with Gasteiger partial charge in [0.2, 0.25) is 15.9 Å². The molecule has 0 saturated heterocycles. The third-order valence-electron chi connectivity index (χ3n) is 5.23. The van der Waals surface area contributed by atoms with Gasteiger partial charge in [-0.05, 0) is 69.7 Å². The molecule has 3 aromatic rings. The van der Waals surface area contributed by atoms with Gasteiger partial charge >= 0.3 is 0 Å². The van der Waals surface area contributed by atoms with Crippen LogP contribution in [-0.4, -0.2) is 33.0 Å². The maximum Gasteiger partial charge on any atom is 0.243 e. The van der Waals surface area contributed by atoms with Crippen molar-refractivity contribution in [2.24, 2.45) is 0 Å². The van der Waals surface area contributed by atoms with E-state index < -0.39 is 15.6 Å². The van der Waals surface area contributed by atoms with Crippen LogP contribution in [0, 0.1) is 11.3 Å². The number of anilines is 2. The summed E-state index contributed by atoms with van der Waals surface area (Å²) in [5, 5.41) is 12.1. The van der Waals surface area contributed by atoms with Crippen LogP contribution in [0.25, 0.3) is 11.1 Å². The smallest absolute Gasteiger partial charge is 0.243 e. The predicted octanol–water partition coefficient (Wildman–Crippen LogP) is 5.32. The molecule has 1 amide bonds. The quantitative estimate of drug-likeness (QED) is 0.375. The van der Waals surface area contributed by atoms with Crippen molar-refractivity contribution in [1.82, 2.24) is 4.72 Å². The normalized spacial score (nSPS) is 11.4. The first-order chi connectivity index (χ1) is 17.4. The number of hydrogen-bond donors (Lipinski definition) is 2. The Morgan fingerprint density at radius 1 is 1.00 bits per heavy atom. The second-order valence-corrected chi connectivity index (χ2v) is 11.6. The van der Waals surface area contributed by atoms with E-state index in [1.807, 2.05) is 17.9 Å². The summed E-state index contributed by atoms with van der Waals surface area (Å²) in [6, 6.07) is 23.1. The molecule has 0 atom stereocenters. The highest BCUT2D eigenvalue weighted by Gasteiger charge is 2.24. The fraction of sp³-hybridized carbons (Fsp3) is 0.241. The molecule has 0 saturated carbocycles. The van der Waals surface area contributed by atoms with Crippen molar-refractivity contribution in [2.45, 2.75) is 38.1 Å². The molecule has 0 aromatic heterocycles. The minimum atomic E-state index is -3.73. The lowest BCUT2D eigenvalue weighted by Gasteiger charge is -2.24. The third-order valence-corrected chi connectivity index (χ3v) is 7.05. The summed E-state index contributed by atoms with van der Waals surface area (Å²) >= 11 is 0. The average molecular weight is 517 g/mol. The van der Waals surface area contributed by atoms with Crippen LogP contribution in [0.5, 0.6) is 0 Å². The van der Waals surface area contributed by atoms with Crippen LogP contribution in [0.1, 0.15) is 33.3 Å². The largest absolute Gasteiger partial charge is 0.358 e. The molecule has 0 aliphatic rings. The topological polar surface area (TPSA) is 102 Å². The lowest BCUT2D eigenvalue weighted by Crippen LogP contribution is -2.40. The third kappa shape index (κ3) is 7.78. The number of sulfonamides is 1. The Bertz CT molecular complexity index is 1430. The van der Waals surface area contributed by atoms with Gasteiger partial charge in [-0.3, -0.25) is 4.79 Å². The van der Waals surface area contributed by atoms with E-state index in [0.29, 0.717) is 28.9 Å². The van der Waals surface area contributed by atoms with Gasteiger partial charge in [-0.15, -0.1) is 0 Å². The van der Waals surface area contributed by atoms with E-state index in [9.17, 15) is 18.5 Å². The highest BCUT2D eigenvalue weighted by atomic mass is 32.2. The van der Waals surface area contributed by atoms with Crippen molar-refractivity contribution in [3.05, 3.63) is 90.5 Å². The zero-order valence-corrected chi connectivity index (χ0v) is 22.4. The number of hydrogen-bond acceptors (Lipinski definition) is 5. The molecule has 192 valence electrons. The number of carbonyl (C=O) groups excluding carboxylic acids is 1. The predicted molar refractivity (Wildman–Crippen MR) is 149 cm³/mol. The first kappa shape index (κ1) is 27.7. The van der Waals surface area contributed by atoms with Gasteiger partial charge in [0, 0.05) is 29.0 Å². The van der Waals surface area contributed by atoms with E-state index in [-0.39, 0.29) is 17.3 Å². The van der Waals surface area contributed by atoms with Gasteiger partial charge in [0.15, 0.2) is 0 Å². The fourth-order valence-corrected chi connectivity index (χ4v) is 5.49. The molecule has 0 heterocycles. The molecular formula is C29H32N4O3S. The highest BCUT2D eigenvalue weighted by Crippen LogP contribution is 2.29. The van der Waals surface area contributed by atoms with Gasteiger partial charge in [0.05, 0.1) is 23.1 Å². The molecule has 8 heteroatoms. The van der Waals surface area contributed by atoms with Crippen molar-refractivity contribution < 1.29 is 13.2 Å². The van der Waals surface area contributed by atoms with Crippen LogP contribution >= 0.6 is 0 Å². The molecule has 0 aliphatic heterocycles. The van der Waals surface area contributed by atoms with Crippen LogP contribution in [-0.2, 0) is 14.8 Å². The fourth-order valence-electron chi connectivity index (χ4n) is 3.84. The summed E-state index contributed by atoms with van der Waals surface area (Å²) in [6.45, 7) is 11.8. The van der Waals surface area contributed by atoms with E-state index in [4.69, 9.17) is 0 Å². The molecule has 0 fully saturated rings. The molecule has 3 aromatic carbocycles. The van der Waals surface area contributed by atoms with Gasteiger partial charge in [0.25, 0.3) is 0 Å². The lowest BCUT2D eigenvalue weighted by atomic mass is 10.1. The summed E-state index contributed by atoms with van der Waals surface area (Å²) < 4.78 is 28.7. The molecule has 3 rings (SSSR count). The molecular weight excluding hydrogens is 484 g/mol. The second-order valence-electron chi connectivity index (χ2n) is 9.95. The van der Waals surface area contributed by atoms with Crippen LogP contribution in [0.3, 0.4) is 0 Å². The van der Waals surface area contributed by atoms with E-state index in [1.54, 1.807) is 87.5 Å². The van der Waals surface area contributed by atoms with E-state index in [0.717, 1.165) is 11.3 Å². The number of benzene rings is 3. The number of rotatable bonds is 9. The molecule has 37 heavy (non-hydrogen) atoms. The highest BCUT2D eigenvalue weighted by molar-refractivity contribution is 7.89. The standard InChI is InChI=1S/C29H32N4O3S/c1-21(2)19-33(25-10-8-9-22(17-25)18-30)20-28(34)31-24-15-13-23(14-16-24)26-11-6-7-12-27(26)37(35,36)32-29(3,4)5/h6-17,32H,1,19-20H2,2-5H3,(H,31,34). The molecule has 2 N–H and O–H groups in total. The van der Waals surface area contributed by atoms with Crippen LogP contribution in [0.4, 0.5) is 11.4 Å². The lowest BCUT2D eigenvalue weighted by molar-refractivity contribution is -0.115. The molecule has 0 aliphatic carbocycles. The molecule has 0 unspecified atom stereocenters. The second kappa shape index (κ2) is 11.4. The Morgan fingerprint density at radius 3 is 2.30 bits per heavy atom. The van der Waals surface area contributed by atoms with Crippen LogP contribution < -0.4 is 14.9 Å². The monoisotopic (exact) mass is 516 g/mol. The Balaban J connectivity index is 1.78. The zero-order chi connectivity index (χ0) is 27.2. The van der Waals surface area contributed by atoms with Crippen molar-refractivity contribution in [3.63, 3.8) is 0 Å². The zero-order valence-electron chi connectivity index (χ0n) is 21.6. The summed E-state index contributed by atoms with van der Waals surface area (Å²) in [5.41, 5.74) is 3.41. The Kier molecular flexibility index (Phi) is 8.53. The average Bonchev–Trinajstić information content (AvgIpc) is 2.82. The first-order valence-electron chi connectivity index (χ1n) is 11.8. The summed E-state index contributed by atoms with van der Waals surface area (Å²) in [5.74, 6) is -0.228. The van der Waals surface area contributed by atoms with Gasteiger partial charge in [0.1, 0.15) is 0 Å². The van der Waals surface area contributed by atoms with E-state index >= 15 is 0 Å². The van der Waals surface area contributed by atoms with Crippen molar-refractivity contribution in [1.29, 1.82) is 5.26 Å². The number of carbonyl (C=O) groups is 1. The van der Waals surface area contributed by atoms with Crippen LogP contribution in [0.2, 0.25) is 0 Å². The number of nitrogens with one attached hydrogen (secondary N) is 2. The van der Waals surface area contributed by atoms with Gasteiger partial charge in [-0.25, -0.2) is 13.1 Å². The van der Waals surface area contributed by atoms with Gasteiger partial charge in [-0.2, -0.15) is 5.26 Å². The first-order valence-corrected chi connectivity index (χ1v) is 13.3. The maximum absolute atomic E-state index is 13.0. The Labute approximate surface area is 219 Å². The Hall–Kier alpha value is -3.93. The van der Waals surface area contributed by atoms with E-state index in [2.05, 4.69) is 22.7 Å².